The molecule has 5 nitrogen and oxygen atoms in total. The lowest BCUT2D eigenvalue weighted by molar-refractivity contribution is 0.0116. The number of halogens is 2. The van der Waals surface area contributed by atoms with Crippen molar-refractivity contribution in [1.82, 2.24) is 14.9 Å². The topological polar surface area (TPSA) is 55.3 Å². The van der Waals surface area contributed by atoms with Crippen LogP contribution >= 0.6 is 0 Å². The molecule has 0 unspecified atom stereocenters. The first-order chi connectivity index (χ1) is 13.0. The van der Waals surface area contributed by atoms with Crippen molar-refractivity contribution in [1.29, 1.82) is 0 Å². The van der Waals surface area contributed by atoms with Crippen molar-refractivity contribution in [2.45, 2.75) is 18.4 Å². The second-order valence-corrected chi connectivity index (χ2v) is 6.52. The van der Waals surface area contributed by atoms with Crippen LogP contribution in [0.25, 0.3) is 10.8 Å². The number of ether oxygens (including phenoxy) is 1. The van der Waals surface area contributed by atoms with E-state index in [-0.39, 0.29) is 12.3 Å². The highest BCUT2D eigenvalue weighted by molar-refractivity contribution is 6.05. The van der Waals surface area contributed by atoms with E-state index >= 15 is 0 Å². The van der Waals surface area contributed by atoms with Gasteiger partial charge in [0.15, 0.2) is 0 Å². The highest BCUT2D eigenvalue weighted by Gasteiger charge is 2.47. The zero-order chi connectivity index (χ0) is 18.9. The number of pyridine rings is 2. The summed E-state index contributed by atoms with van der Waals surface area (Å²) in [6.45, 7) is -0.656. The zero-order valence-electron chi connectivity index (χ0n) is 14.4. The number of amides is 1. The van der Waals surface area contributed by atoms with E-state index in [4.69, 9.17) is 4.74 Å². The number of nitrogens with zero attached hydrogens (tertiary/aromatic N) is 3. The molecule has 27 heavy (non-hydrogen) atoms. The summed E-state index contributed by atoms with van der Waals surface area (Å²) in [7, 11) is 0. The zero-order valence-corrected chi connectivity index (χ0v) is 14.4. The van der Waals surface area contributed by atoms with Crippen LogP contribution in [0.5, 0.6) is 5.75 Å². The van der Waals surface area contributed by atoms with Crippen molar-refractivity contribution in [2.75, 3.05) is 13.2 Å². The molecule has 4 rings (SSSR count). The summed E-state index contributed by atoms with van der Waals surface area (Å²) in [5, 5.41) is 1.49. The van der Waals surface area contributed by atoms with E-state index in [2.05, 4.69) is 9.97 Å². The van der Waals surface area contributed by atoms with Crippen molar-refractivity contribution in [3.63, 3.8) is 0 Å². The lowest BCUT2D eigenvalue weighted by Crippen LogP contribution is -2.40. The summed E-state index contributed by atoms with van der Waals surface area (Å²) in [5.74, 6) is -2.94. The summed E-state index contributed by atoms with van der Waals surface area (Å²) in [4.78, 5) is 22.3. The van der Waals surface area contributed by atoms with Crippen molar-refractivity contribution >= 4 is 16.7 Å². The summed E-state index contributed by atoms with van der Waals surface area (Å²) in [5.41, 5.74) is 0.180. The average molecular weight is 369 g/mol. The van der Waals surface area contributed by atoms with Crippen LogP contribution in [0.2, 0.25) is 0 Å². The number of likely N-dealkylation sites (tertiary alicyclic amines) is 1. The molecule has 1 saturated heterocycles. The lowest BCUT2D eigenvalue weighted by atomic mass is 10.1. The summed E-state index contributed by atoms with van der Waals surface area (Å²) in [6.07, 6.45) is 4.20. The number of hydrogen-bond acceptors (Lipinski definition) is 4. The molecule has 138 valence electrons. The van der Waals surface area contributed by atoms with Crippen LogP contribution in [0.4, 0.5) is 8.78 Å². The van der Waals surface area contributed by atoms with E-state index < -0.39 is 30.8 Å². The Labute approximate surface area is 154 Å². The molecule has 1 amide bonds. The standard InChI is InChI=1S/C20H17F2N3O2/c21-20(22)11-15(12-27-16-6-8-23-9-7-16)25(13-20)19(26)18-17-4-2-1-3-14(17)5-10-24-18/h1-10,15H,11-13H2/t15-/m0/s1. The molecule has 3 heterocycles. The Bertz CT molecular complexity index is 960. The molecule has 0 aliphatic carbocycles. The van der Waals surface area contributed by atoms with Gasteiger partial charge in [0, 0.05) is 30.4 Å². The first-order valence-electron chi connectivity index (χ1n) is 8.59. The third-order valence-electron chi connectivity index (χ3n) is 4.61. The predicted octanol–water partition coefficient (Wildman–Crippen LogP) is 3.56. The van der Waals surface area contributed by atoms with Gasteiger partial charge in [-0.2, -0.15) is 0 Å². The average Bonchev–Trinajstić information content (AvgIpc) is 3.01. The molecule has 0 bridgehead atoms. The van der Waals surface area contributed by atoms with Crippen molar-refractivity contribution in [3.8, 4) is 5.75 Å². The van der Waals surface area contributed by atoms with Crippen molar-refractivity contribution in [3.05, 3.63) is 66.7 Å². The van der Waals surface area contributed by atoms with Gasteiger partial charge in [0.05, 0.1) is 12.6 Å². The number of alkyl halides is 2. The molecular weight excluding hydrogens is 352 g/mol. The number of carbonyl (C=O) groups is 1. The largest absolute Gasteiger partial charge is 0.491 e. The number of hydrogen-bond donors (Lipinski definition) is 0. The molecule has 1 aromatic carbocycles. The molecule has 1 aliphatic heterocycles. The summed E-state index contributed by atoms with van der Waals surface area (Å²) >= 11 is 0. The highest BCUT2D eigenvalue weighted by atomic mass is 19.3. The molecule has 2 aromatic heterocycles. The number of rotatable bonds is 4. The van der Waals surface area contributed by atoms with Gasteiger partial charge in [-0.3, -0.25) is 14.8 Å². The van der Waals surface area contributed by atoms with Gasteiger partial charge in [0.1, 0.15) is 18.1 Å². The number of aromatic nitrogens is 2. The van der Waals surface area contributed by atoms with Crippen LogP contribution in [-0.2, 0) is 0 Å². The van der Waals surface area contributed by atoms with Crippen molar-refractivity contribution < 1.29 is 18.3 Å². The Morgan fingerprint density at radius 3 is 2.74 bits per heavy atom. The highest BCUT2D eigenvalue weighted by Crippen LogP contribution is 2.34. The van der Waals surface area contributed by atoms with Gasteiger partial charge in [0.2, 0.25) is 0 Å². The third kappa shape index (κ3) is 3.58. The van der Waals surface area contributed by atoms with E-state index in [0.717, 1.165) is 5.39 Å². The van der Waals surface area contributed by atoms with Crippen molar-refractivity contribution in [2.24, 2.45) is 0 Å². The predicted molar refractivity (Wildman–Crippen MR) is 95.9 cm³/mol. The Kier molecular flexibility index (Phi) is 4.43. The minimum absolute atomic E-state index is 0.0177. The number of fused-ring (bicyclic) bond motifs is 1. The first kappa shape index (κ1) is 17.3. The maximum Gasteiger partial charge on any atom is 0.273 e. The molecule has 3 aromatic rings. The van der Waals surface area contributed by atoms with E-state index in [1.54, 1.807) is 42.7 Å². The van der Waals surface area contributed by atoms with Gasteiger partial charge in [-0.15, -0.1) is 0 Å². The minimum Gasteiger partial charge on any atom is -0.491 e. The van der Waals surface area contributed by atoms with Gasteiger partial charge < -0.3 is 9.64 Å². The second-order valence-electron chi connectivity index (χ2n) is 6.52. The molecule has 7 heteroatoms. The Morgan fingerprint density at radius 2 is 1.93 bits per heavy atom. The van der Waals surface area contributed by atoms with E-state index in [1.807, 2.05) is 12.1 Å². The molecule has 0 N–H and O–H groups in total. The summed E-state index contributed by atoms with van der Waals surface area (Å²) < 4.78 is 33.8. The fraction of sp³-hybridized carbons (Fsp3) is 0.250. The van der Waals surface area contributed by atoms with Crippen LogP contribution in [0, 0.1) is 0 Å². The van der Waals surface area contributed by atoms with Gasteiger partial charge in [-0.05, 0) is 23.6 Å². The molecular formula is C20H17F2N3O2. The fourth-order valence-corrected chi connectivity index (χ4v) is 3.34. The third-order valence-corrected chi connectivity index (χ3v) is 4.61. The molecule has 1 aliphatic rings. The monoisotopic (exact) mass is 369 g/mol. The van der Waals surface area contributed by atoms with Gasteiger partial charge >= 0.3 is 0 Å². The number of benzene rings is 1. The van der Waals surface area contributed by atoms with Crippen LogP contribution in [0.15, 0.2) is 61.1 Å². The normalized spacial score (nSPS) is 18.6. The molecule has 1 atom stereocenters. The van der Waals surface area contributed by atoms with E-state index in [1.165, 1.54) is 11.1 Å². The maximum atomic E-state index is 14.1. The van der Waals surface area contributed by atoms with Gasteiger partial charge in [-0.25, -0.2) is 8.78 Å². The molecule has 0 saturated carbocycles. The second kappa shape index (κ2) is 6.90. The maximum absolute atomic E-state index is 14.1. The van der Waals surface area contributed by atoms with Crippen LogP contribution < -0.4 is 4.74 Å². The van der Waals surface area contributed by atoms with E-state index in [0.29, 0.717) is 11.1 Å². The van der Waals surface area contributed by atoms with Crippen LogP contribution in [0.1, 0.15) is 16.9 Å². The first-order valence-corrected chi connectivity index (χ1v) is 8.59. The Morgan fingerprint density at radius 1 is 1.15 bits per heavy atom. The molecule has 0 spiro atoms. The van der Waals surface area contributed by atoms with Gasteiger partial charge in [0.25, 0.3) is 11.8 Å². The molecule has 1 fully saturated rings. The van der Waals surface area contributed by atoms with Crippen LogP contribution in [0.3, 0.4) is 0 Å². The van der Waals surface area contributed by atoms with Crippen LogP contribution in [-0.4, -0.2) is 45.9 Å². The lowest BCUT2D eigenvalue weighted by Gasteiger charge is -2.24. The van der Waals surface area contributed by atoms with E-state index in [9.17, 15) is 13.6 Å². The fourth-order valence-electron chi connectivity index (χ4n) is 3.34. The number of carbonyl (C=O) groups excluding carboxylic acids is 1. The SMILES string of the molecule is O=C(c1nccc2ccccc12)N1CC(F)(F)C[C@H]1COc1ccncc1. The van der Waals surface area contributed by atoms with Gasteiger partial charge in [-0.1, -0.05) is 24.3 Å². The summed E-state index contributed by atoms with van der Waals surface area (Å²) in [6, 6.07) is 11.6. The Balaban J connectivity index is 1.60. The molecule has 0 radical (unpaired) electrons. The smallest absolute Gasteiger partial charge is 0.273 e. The Hall–Kier alpha value is -3.09. The quantitative estimate of drug-likeness (QED) is 0.706. The minimum atomic E-state index is -2.95.